The molecule has 0 spiro atoms. The average molecular weight is 490 g/mol. The lowest BCUT2D eigenvalue weighted by Gasteiger charge is -2.34. The molecule has 1 saturated heterocycles. The lowest BCUT2D eigenvalue weighted by Crippen LogP contribution is -2.45. The van der Waals surface area contributed by atoms with Crippen LogP contribution in [0.5, 0.6) is 5.88 Å². The highest BCUT2D eigenvalue weighted by Crippen LogP contribution is 2.31. The summed E-state index contributed by atoms with van der Waals surface area (Å²) in [6.45, 7) is 5.64. The molecule has 0 unspecified atom stereocenters. The molecule has 1 N–H and O–H groups in total. The Balaban J connectivity index is 1.25. The van der Waals surface area contributed by atoms with Crippen LogP contribution >= 0.6 is 0 Å². The summed E-state index contributed by atoms with van der Waals surface area (Å²) >= 11 is 0. The highest BCUT2D eigenvalue weighted by molar-refractivity contribution is 5.94. The molecule has 6 rings (SSSR count). The largest absolute Gasteiger partial charge is 0.481 e. The van der Waals surface area contributed by atoms with E-state index in [0.717, 1.165) is 42.0 Å². The van der Waals surface area contributed by atoms with Gasteiger partial charge in [-0.3, -0.25) is 9.47 Å². The summed E-state index contributed by atoms with van der Waals surface area (Å²) in [5.74, 6) is 0.0136. The van der Waals surface area contributed by atoms with Crippen LogP contribution in [0.1, 0.15) is 38.7 Å². The molecule has 0 saturated carbocycles. The van der Waals surface area contributed by atoms with Crippen LogP contribution in [0.15, 0.2) is 45.7 Å². The highest BCUT2D eigenvalue weighted by Gasteiger charge is 2.29. The van der Waals surface area contributed by atoms with E-state index < -0.39 is 5.76 Å². The van der Waals surface area contributed by atoms with Gasteiger partial charge in [-0.15, -0.1) is 0 Å². The number of carbonyl (C=O) groups excluding carboxylic acids is 1. The van der Waals surface area contributed by atoms with Crippen LogP contribution < -0.4 is 15.8 Å². The number of methoxy groups -OCH3 is 1. The van der Waals surface area contributed by atoms with Gasteiger partial charge in [-0.25, -0.2) is 14.3 Å². The summed E-state index contributed by atoms with van der Waals surface area (Å²) in [6.07, 6.45) is 1.83. The normalized spacial score (nSPS) is 18.0. The summed E-state index contributed by atoms with van der Waals surface area (Å²) in [5, 5.41) is 8.21. The van der Waals surface area contributed by atoms with E-state index in [1.807, 2.05) is 30.5 Å². The lowest BCUT2D eigenvalue weighted by atomic mass is 9.93. The zero-order chi connectivity index (χ0) is 25.0. The monoisotopic (exact) mass is 489 g/mol. The summed E-state index contributed by atoms with van der Waals surface area (Å²) in [5.41, 5.74) is 6.96. The number of oxazole rings is 1. The number of cyclic esters (lactones) is 1. The molecule has 36 heavy (non-hydrogen) atoms. The molecule has 1 fully saturated rings. The maximum atomic E-state index is 11.9. The first-order valence-corrected chi connectivity index (χ1v) is 11.9. The number of benzene rings is 2. The Hall–Kier alpha value is -3.89. The molecule has 0 radical (unpaired) electrons. The summed E-state index contributed by atoms with van der Waals surface area (Å²) in [6, 6.07) is 9.56. The van der Waals surface area contributed by atoms with Gasteiger partial charge >= 0.3 is 11.7 Å². The van der Waals surface area contributed by atoms with Crippen molar-refractivity contribution in [3.8, 4) is 11.6 Å². The fourth-order valence-electron chi connectivity index (χ4n) is 5.28. The maximum absolute atomic E-state index is 11.9. The topological polar surface area (TPSA) is 104 Å². The number of esters is 1. The molecule has 4 heterocycles. The smallest absolute Gasteiger partial charge is 0.419 e. The Kier molecular flexibility index (Phi) is 5.42. The number of nitrogens with zero attached hydrogens (tertiary/aromatic N) is 4. The molecule has 2 aliphatic rings. The highest BCUT2D eigenvalue weighted by atomic mass is 16.5. The molecule has 2 aromatic heterocycles. The zero-order valence-corrected chi connectivity index (χ0v) is 20.4. The first-order valence-electron chi connectivity index (χ1n) is 11.9. The predicted octanol–water partition coefficient (Wildman–Crippen LogP) is 2.45. The molecule has 0 aliphatic carbocycles. The van der Waals surface area contributed by atoms with E-state index in [2.05, 4.69) is 22.2 Å². The third-order valence-corrected chi connectivity index (χ3v) is 7.25. The minimum atomic E-state index is -0.402. The SMILES string of the molecule is COc1c(CN2CCN[C@H](c3ccc4c(c3C)COC4=O)C2)cnn1-c1ccc2oc(=O)n(C)c2c1. The van der Waals surface area contributed by atoms with Crippen LogP contribution in [0, 0.1) is 6.92 Å². The van der Waals surface area contributed by atoms with Gasteiger partial charge in [0.25, 0.3) is 0 Å². The Morgan fingerprint density at radius 1 is 1.22 bits per heavy atom. The van der Waals surface area contributed by atoms with Gasteiger partial charge in [-0.1, -0.05) is 6.07 Å². The summed E-state index contributed by atoms with van der Waals surface area (Å²) < 4.78 is 19.5. The van der Waals surface area contributed by atoms with Crippen molar-refractivity contribution in [2.75, 3.05) is 26.7 Å². The Morgan fingerprint density at radius 3 is 2.92 bits per heavy atom. The fourth-order valence-corrected chi connectivity index (χ4v) is 5.28. The van der Waals surface area contributed by atoms with Crippen LogP contribution in [0.25, 0.3) is 16.8 Å². The second-order valence-corrected chi connectivity index (χ2v) is 9.29. The van der Waals surface area contributed by atoms with Crippen molar-refractivity contribution in [3.63, 3.8) is 0 Å². The third-order valence-electron chi connectivity index (χ3n) is 7.25. The second-order valence-electron chi connectivity index (χ2n) is 9.29. The number of carbonyl (C=O) groups is 1. The summed E-state index contributed by atoms with van der Waals surface area (Å²) in [7, 11) is 3.32. The van der Waals surface area contributed by atoms with E-state index in [9.17, 15) is 9.59 Å². The van der Waals surface area contributed by atoms with Gasteiger partial charge in [0, 0.05) is 50.4 Å². The van der Waals surface area contributed by atoms with Crippen molar-refractivity contribution >= 4 is 17.1 Å². The standard InChI is InChI=1S/C26H27N5O5/c1-15-18(5-6-19-20(15)14-35-25(19)32)21-13-30(9-8-27-21)12-16-11-28-31(24(16)34-3)17-4-7-23-22(10-17)29(2)26(33)36-23/h4-7,10-11,21,27H,8-9,12-14H2,1-3H3/t21-/m0/s1. The first-order chi connectivity index (χ1) is 17.4. The van der Waals surface area contributed by atoms with Gasteiger partial charge in [0.2, 0.25) is 5.88 Å². The molecule has 0 amide bonds. The van der Waals surface area contributed by atoms with Gasteiger partial charge in [0.15, 0.2) is 5.58 Å². The van der Waals surface area contributed by atoms with Crippen molar-refractivity contribution in [3.05, 3.63) is 74.9 Å². The van der Waals surface area contributed by atoms with Crippen LogP contribution in [0.3, 0.4) is 0 Å². The van der Waals surface area contributed by atoms with Gasteiger partial charge in [-0.05, 0) is 42.3 Å². The van der Waals surface area contributed by atoms with E-state index in [1.54, 1.807) is 24.9 Å². The Bertz CT molecular complexity index is 1550. The number of aryl methyl sites for hydroxylation is 1. The molecule has 10 nitrogen and oxygen atoms in total. The van der Waals surface area contributed by atoms with Crippen molar-refractivity contribution < 1.29 is 18.7 Å². The van der Waals surface area contributed by atoms with Crippen LogP contribution in [-0.4, -0.2) is 52.0 Å². The maximum Gasteiger partial charge on any atom is 0.419 e. The molecule has 10 heteroatoms. The van der Waals surface area contributed by atoms with Gasteiger partial charge in [0.05, 0.1) is 30.1 Å². The zero-order valence-electron chi connectivity index (χ0n) is 20.4. The molecule has 186 valence electrons. The molecular formula is C26H27N5O5. The number of fused-ring (bicyclic) bond motifs is 2. The average Bonchev–Trinajstić information content (AvgIpc) is 3.55. The Labute approximate surface area is 207 Å². The van der Waals surface area contributed by atoms with Crippen molar-refractivity contribution in [1.29, 1.82) is 0 Å². The number of hydrogen-bond acceptors (Lipinski definition) is 8. The van der Waals surface area contributed by atoms with Crippen LogP contribution in [0.2, 0.25) is 0 Å². The number of aromatic nitrogens is 3. The number of rotatable bonds is 5. The minimum absolute atomic E-state index is 0.144. The van der Waals surface area contributed by atoms with Crippen molar-refractivity contribution in [2.45, 2.75) is 26.1 Å². The van der Waals surface area contributed by atoms with Gasteiger partial charge in [0.1, 0.15) is 6.61 Å². The fraction of sp³-hybridized carbons (Fsp3) is 0.346. The predicted molar refractivity (Wildman–Crippen MR) is 131 cm³/mol. The van der Waals surface area contributed by atoms with E-state index >= 15 is 0 Å². The van der Waals surface area contributed by atoms with E-state index in [1.165, 1.54) is 10.1 Å². The third kappa shape index (κ3) is 3.61. The van der Waals surface area contributed by atoms with Crippen molar-refractivity contribution in [2.24, 2.45) is 7.05 Å². The molecule has 0 bridgehead atoms. The number of ether oxygens (including phenoxy) is 2. The number of nitrogens with one attached hydrogen (secondary N) is 1. The Morgan fingerprint density at radius 2 is 2.08 bits per heavy atom. The number of hydrogen-bond donors (Lipinski definition) is 1. The minimum Gasteiger partial charge on any atom is -0.481 e. The molecular weight excluding hydrogens is 462 g/mol. The molecule has 4 aromatic rings. The first kappa shape index (κ1) is 22.6. The van der Waals surface area contributed by atoms with Gasteiger partial charge in [-0.2, -0.15) is 5.10 Å². The van der Waals surface area contributed by atoms with Crippen LogP contribution in [-0.2, 0) is 24.9 Å². The molecule has 2 aliphatic heterocycles. The quantitative estimate of drug-likeness (QED) is 0.427. The summed E-state index contributed by atoms with van der Waals surface area (Å²) in [4.78, 5) is 26.2. The number of piperazine rings is 1. The van der Waals surface area contributed by atoms with E-state index in [0.29, 0.717) is 35.7 Å². The molecule has 2 aromatic carbocycles. The van der Waals surface area contributed by atoms with Crippen molar-refractivity contribution in [1.82, 2.24) is 24.6 Å². The molecule has 1 atom stereocenters. The second kappa shape index (κ2) is 8.65. The van der Waals surface area contributed by atoms with E-state index in [-0.39, 0.29) is 12.0 Å². The van der Waals surface area contributed by atoms with E-state index in [4.69, 9.17) is 13.9 Å². The van der Waals surface area contributed by atoms with Crippen LogP contribution in [0.4, 0.5) is 0 Å². The van der Waals surface area contributed by atoms with Gasteiger partial charge < -0.3 is 19.2 Å². The lowest BCUT2D eigenvalue weighted by molar-refractivity contribution is 0.0535.